The lowest BCUT2D eigenvalue weighted by atomic mass is 10.0. The van der Waals surface area contributed by atoms with E-state index in [1.165, 1.54) is 0 Å². The van der Waals surface area contributed by atoms with E-state index in [1.54, 1.807) is 24.3 Å². The molecule has 0 heterocycles. The van der Waals surface area contributed by atoms with Crippen molar-refractivity contribution in [3.8, 4) is 11.8 Å². The number of para-hydroxylation sites is 1. The molecule has 4 heteroatoms. The van der Waals surface area contributed by atoms with Crippen molar-refractivity contribution in [2.75, 3.05) is 0 Å². The summed E-state index contributed by atoms with van der Waals surface area (Å²) in [6.07, 6.45) is 1.77. The standard InChI is InChI=1S/C22H15Cl2NO/c23-19-10-11-20(21(24)13-19)18(14-25)12-17-8-4-5-9-22(17)26-15-16-6-2-1-3-7-16/h1-13H,15H2/b18-12+. The highest BCUT2D eigenvalue weighted by Gasteiger charge is 2.09. The lowest BCUT2D eigenvalue weighted by molar-refractivity contribution is 0.305. The molecule has 26 heavy (non-hydrogen) atoms. The minimum absolute atomic E-state index is 0.438. The molecule has 0 N–H and O–H groups in total. The number of ether oxygens (including phenoxy) is 1. The molecule has 0 unspecified atom stereocenters. The SMILES string of the molecule is N#C/C(=C\c1ccccc1OCc1ccccc1)c1ccc(Cl)cc1Cl. The Balaban J connectivity index is 1.91. The highest BCUT2D eigenvalue weighted by Crippen LogP contribution is 2.30. The zero-order chi connectivity index (χ0) is 18.4. The summed E-state index contributed by atoms with van der Waals surface area (Å²) in [4.78, 5) is 0. The number of hydrogen-bond donors (Lipinski definition) is 0. The van der Waals surface area contributed by atoms with Crippen LogP contribution in [0.3, 0.4) is 0 Å². The van der Waals surface area contributed by atoms with E-state index in [0.29, 0.717) is 33.5 Å². The van der Waals surface area contributed by atoms with E-state index < -0.39 is 0 Å². The molecule has 0 spiro atoms. The Bertz CT molecular complexity index is 975. The van der Waals surface area contributed by atoms with Crippen molar-refractivity contribution in [2.45, 2.75) is 6.61 Å². The van der Waals surface area contributed by atoms with Gasteiger partial charge < -0.3 is 4.74 Å². The van der Waals surface area contributed by atoms with Gasteiger partial charge in [-0.1, -0.05) is 77.8 Å². The second-order valence-electron chi connectivity index (χ2n) is 5.61. The molecule has 0 atom stereocenters. The summed E-state index contributed by atoms with van der Waals surface area (Å²) in [6.45, 7) is 0.454. The summed E-state index contributed by atoms with van der Waals surface area (Å²) in [6, 6.07) is 24.8. The fourth-order valence-electron chi connectivity index (χ4n) is 2.50. The monoisotopic (exact) mass is 379 g/mol. The van der Waals surface area contributed by atoms with Crippen molar-refractivity contribution < 1.29 is 4.74 Å². The number of allylic oxidation sites excluding steroid dienone is 1. The van der Waals surface area contributed by atoms with E-state index in [1.807, 2.05) is 54.6 Å². The molecule has 3 rings (SSSR count). The quantitative estimate of drug-likeness (QED) is 0.367. The van der Waals surface area contributed by atoms with Crippen LogP contribution in [0.4, 0.5) is 0 Å². The summed E-state index contributed by atoms with van der Waals surface area (Å²) in [5.74, 6) is 0.703. The molecule has 0 bridgehead atoms. The molecule has 0 aliphatic carbocycles. The average Bonchev–Trinajstić information content (AvgIpc) is 2.66. The van der Waals surface area contributed by atoms with Crippen LogP contribution in [-0.2, 0) is 6.61 Å². The first-order chi connectivity index (χ1) is 12.7. The Kier molecular flexibility index (Phi) is 5.96. The maximum atomic E-state index is 9.58. The number of rotatable bonds is 5. The molecule has 0 radical (unpaired) electrons. The van der Waals surface area contributed by atoms with Gasteiger partial charge >= 0.3 is 0 Å². The summed E-state index contributed by atoms with van der Waals surface area (Å²) in [5.41, 5.74) is 2.97. The van der Waals surface area contributed by atoms with Crippen molar-refractivity contribution in [1.82, 2.24) is 0 Å². The largest absolute Gasteiger partial charge is 0.488 e. The maximum Gasteiger partial charge on any atom is 0.127 e. The third-order valence-corrected chi connectivity index (χ3v) is 4.35. The van der Waals surface area contributed by atoms with Crippen LogP contribution in [0.15, 0.2) is 72.8 Å². The highest BCUT2D eigenvalue weighted by atomic mass is 35.5. The fourth-order valence-corrected chi connectivity index (χ4v) is 3.01. The van der Waals surface area contributed by atoms with Crippen molar-refractivity contribution in [3.05, 3.63) is 99.5 Å². The molecule has 128 valence electrons. The van der Waals surface area contributed by atoms with Gasteiger partial charge in [0.25, 0.3) is 0 Å². The van der Waals surface area contributed by atoms with Gasteiger partial charge in [-0.25, -0.2) is 0 Å². The molecule has 0 aliphatic rings. The Hall–Kier alpha value is -2.73. The Morgan fingerprint density at radius 1 is 0.962 bits per heavy atom. The lowest BCUT2D eigenvalue weighted by Crippen LogP contribution is -1.96. The molecule has 2 nitrogen and oxygen atoms in total. The molecular weight excluding hydrogens is 365 g/mol. The molecule has 0 saturated carbocycles. The van der Waals surface area contributed by atoms with E-state index in [4.69, 9.17) is 27.9 Å². The second kappa shape index (κ2) is 8.58. The van der Waals surface area contributed by atoms with Crippen LogP contribution in [0, 0.1) is 11.3 Å². The van der Waals surface area contributed by atoms with Crippen LogP contribution in [0.1, 0.15) is 16.7 Å². The smallest absolute Gasteiger partial charge is 0.127 e. The van der Waals surface area contributed by atoms with Gasteiger partial charge in [-0.3, -0.25) is 0 Å². The van der Waals surface area contributed by atoms with Gasteiger partial charge in [-0.15, -0.1) is 0 Å². The predicted octanol–water partition coefficient (Wildman–Crippen LogP) is 6.64. The normalized spacial score (nSPS) is 11.0. The molecule has 3 aromatic carbocycles. The first-order valence-corrected chi connectivity index (χ1v) is 8.76. The minimum Gasteiger partial charge on any atom is -0.488 e. The maximum absolute atomic E-state index is 9.58. The van der Waals surface area contributed by atoms with Crippen LogP contribution in [-0.4, -0.2) is 0 Å². The zero-order valence-electron chi connectivity index (χ0n) is 13.8. The number of nitriles is 1. The molecule has 0 fully saturated rings. The van der Waals surface area contributed by atoms with E-state index in [9.17, 15) is 5.26 Å². The van der Waals surface area contributed by atoms with E-state index in [-0.39, 0.29) is 0 Å². The van der Waals surface area contributed by atoms with Crippen LogP contribution >= 0.6 is 23.2 Å². The van der Waals surface area contributed by atoms with Crippen molar-refractivity contribution in [1.29, 1.82) is 5.26 Å². The number of halogens is 2. The van der Waals surface area contributed by atoms with Crippen molar-refractivity contribution in [3.63, 3.8) is 0 Å². The predicted molar refractivity (Wildman–Crippen MR) is 107 cm³/mol. The zero-order valence-corrected chi connectivity index (χ0v) is 15.3. The van der Waals surface area contributed by atoms with E-state index >= 15 is 0 Å². The summed E-state index contributed by atoms with van der Waals surface area (Å²) >= 11 is 12.2. The van der Waals surface area contributed by atoms with Crippen LogP contribution in [0.25, 0.3) is 11.6 Å². The molecule has 0 aliphatic heterocycles. The van der Waals surface area contributed by atoms with Gasteiger partial charge in [-0.05, 0) is 29.8 Å². The van der Waals surface area contributed by atoms with Crippen LogP contribution < -0.4 is 4.74 Å². The Morgan fingerprint density at radius 3 is 2.42 bits per heavy atom. The second-order valence-corrected chi connectivity index (χ2v) is 6.45. The topological polar surface area (TPSA) is 33.0 Å². The fraction of sp³-hybridized carbons (Fsp3) is 0.0455. The molecule has 3 aromatic rings. The van der Waals surface area contributed by atoms with Gasteiger partial charge in [0.15, 0.2) is 0 Å². The average molecular weight is 380 g/mol. The minimum atomic E-state index is 0.438. The lowest BCUT2D eigenvalue weighted by Gasteiger charge is -2.10. The Morgan fingerprint density at radius 2 is 1.69 bits per heavy atom. The van der Waals surface area contributed by atoms with Gasteiger partial charge in [0.1, 0.15) is 12.4 Å². The van der Waals surface area contributed by atoms with E-state index in [0.717, 1.165) is 11.1 Å². The summed E-state index contributed by atoms with van der Waals surface area (Å²) in [7, 11) is 0. The van der Waals surface area contributed by atoms with Crippen molar-refractivity contribution >= 4 is 34.9 Å². The van der Waals surface area contributed by atoms with Crippen LogP contribution in [0.2, 0.25) is 10.0 Å². The van der Waals surface area contributed by atoms with Gasteiger partial charge in [-0.2, -0.15) is 5.26 Å². The highest BCUT2D eigenvalue weighted by molar-refractivity contribution is 6.36. The Labute approximate surface area is 162 Å². The van der Waals surface area contributed by atoms with Gasteiger partial charge in [0, 0.05) is 16.1 Å². The van der Waals surface area contributed by atoms with Gasteiger partial charge in [0.05, 0.1) is 16.7 Å². The van der Waals surface area contributed by atoms with Gasteiger partial charge in [0.2, 0.25) is 0 Å². The number of nitrogens with zero attached hydrogens (tertiary/aromatic N) is 1. The first kappa shape index (κ1) is 18.1. The third-order valence-electron chi connectivity index (χ3n) is 3.80. The summed E-state index contributed by atoms with van der Waals surface area (Å²) in [5, 5.41) is 10.6. The van der Waals surface area contributed by atoms with Crippen molar-refractivity contribution in [2.24, 2.45) is 0 Å². The number of hydrogen-bond acceptors (Lipinski definition) is 2. The molecular formula is C22H15Cl2NO. The summed E-state index contributed by atoms with van der Waals surface area (Å²) < 4.78 is 5.95. The molecule has 0 aromatic heterocycles. The molecule has 0 saturated heterocycles. The number of benzene rings is 3. The van der Waals surface area contributed by atoms with Crippen LogP contribution in [0.5, 0.6) is 5.75 Å². The molecule has 0 amide bonds. The van der Waals surface area contributed by atoms with E-state index in [2.05, 4.69) is 6.07 Å². The first-order valence-electron chi connectivity index (χ1n) is 8.00. The third kappa shape index (κ3) is 4.46.